The molecule has 7 heteroatoms. The maximum Gasteiger partial charge on any atom is 0.250 e. The van der Waals surface area contributed by atoms with Gasteiger partial charge in [-0.05, 0) is 38.0 Å². The van der Waals surface area contributed by atoms with E-state index in [-0.39, 0.29) is 5.91 Å². The summed E-state index contributed by atoms with van der Waals surface area (Å²) in [5, 5.41) is 8.42. The van der Waals surface area contributed by atoms with Crippen LogP contribution in [-0.2, 0) is 18.3 Å². The third kappa shape index (κ3) is 3.15. The fraction of sp³-hybridized carbons (Fsp3) is 0.238. The lowest BCUT2D eigenvalue weighted by molar-refractivity contribution is -0.115. The van der Waals surface area contributed by atoms with Gasteiger partial charge in [-0.2, -0.15) is 5.10 Å². The number of nitrogens with zero attached hydrogens (tertiary/aromatic N) is 5. The molecule has 142 valence electrons. The minimum absolute atomic E-state index is 0.102. The average molecular weight is 374 g/mol. The van der Waals surface area contributed by atoms with Crippen molar-refractivity contribution in [2.24, 2.45) is 7.05 Å². The van der Waals surface area contributed by atoms with Gasteiger partial charge in [-0.25, -0.2) is 14.6 Å². The number of fused-ring (bicyclic) bond motifs is 1. The first kappa shape index (κ1) is 17.9. The number of aryl methyl sites for hydroxylation is 2. The first-order valence-electron chi connectivity index (χ1n) is 9.12. The number of carbonyl (C=O) groups is 1. The number of para-hydroxylation sites is 1. The molecule has 1 aromatic carbocycles. The van der Waals surface area contributed by atoms with Crippen molar-refractivity contribution in [1.82, 2.24) is 24.3 Å². The van der Waals surface area contributed by atoms with Crippen LogP contribution in [0.1, 0.15) is 22.5 Å². The third-order valence-corrected chi connectivity index (χ3v) is 5.10. The first-order chi connectivity index (χ1) is 13.4. The van der Waals surface area contributed by atoms with Crippen molar-refractivity contribution in [3.05, 3.63) is 65.4 Å². The smallest absolute Gasteiger partial charge is 0.250 e. The number of anilines is 1. The Kier molecular flexibility index (Phi) is 4.43. The lowest BCUT2D eigenvalue weighted by Gasteiger charge is -2.06. The molecule has 4 rings (SSSR count). The van der Waals surface area contributed by atoms with Crippen LogP contribution in [-0.4, -0.2) is 30.2 Å². The molecule has 1 amide bonds. The summed E-state index contributed by atoms with van der Waals surface area (Å²) in [4.78, 5) is 21.2. The quantitative estimate of drug-likeness (QED) is 0.595. The summed E-state index contributed by atoms with van der Waals surface area (Å²) in [6.45, 7) is 5.97. The van der Waals surface area contributed by atoms with Gasteiger partial charge in [0.25, 0.3) is 5.95 Å². The standard InChI is InChI=1S/C21H22N6O/c1-13-14(2)25-27(15(13)3)21-22-10-17(11-23-21)24-20(28)9-16-12-26(4)19-8-6-5-7-18(16)19/h5-8,10-12H,9H2,1-4H3,(H,24,28). The Morgan fingerprint density at radius 3 is 2.50 bits per heavy atom. The zero-order chi connectivity index (χ0) is 19.8. The zero-order valence-corrected chi connectivity index (χ0v) is 16.4. The Morgan fingerprint density at radius 2 is 1.82 bits per heavy atom. The summed E-state index contributed by atoms with van der Waals surface area (Å²) in [7, 11) is 1.98. The fourth-order valence-corrected chi connectivity index (χ4v) is 3.36. The lowest BCUT2D eigenvalue weighted by atomic mass is 10.1. The highest BCUT2D eigenvalue weighted by molar-refractivity contribution is 5.95. The van der Waals surface area contributed by atoms with Gasteiger partial charge < -0.3 is 9.88 Å². The molecule has 0 aliphatic rings. The SMILES string of the molecule is Cc1nn(-c2ncc(NC(=O)Cc3cn(C)c4ccccc34)cn2)c(C)c1C. The van der Waals surface area contributed by atoms with E-state index < -0.39 is 0 Å². The van der Waals surface area contributed by atoms with Gasteiger partial charge in [0.05, 0.1) is 30.2 Å². The Morgan fingerprint density at radius 1 is 1.11 bits per heavy atom. The van der Waals surface area contributed by atoms with Gasteiger partial charge in [-0.1, -0.05) is 18.2 Å². The molecule has 0 aliphatic heterocycles. The van der Waals surface area contributed by atoms with Crippen molar-refractivity contribution in [2.45, 2.75) is 27.2 Å². The first-order valence-corrected chi connectivity index (χ1v) is 9.12. The number of hydrogen-bond acceptors (Lipinski definition) is 4. The molecular formula is C21H22N6O. The van der Waals surface area contributed by atoms with Crippen molar-refractivity contribution in [3.8, 4) is 5.95 Å². The van der Waals surface area contributed by atoms with E-state index in [1.807, 2.05) is 62.8 Å². The van der Waals surface area contributed by atoms with Crippen LogP contribution in [0.15, 0.2) is 42.9 Å². The van der Waals surface area contributed by atoms with Gasteiger partial charge in [0.2, 0.25) is 5.91 Å². The van der Waals surface area contributed by atoms with Crippen molar-refractivity contribution in [3.63, 3.8) is 0 Å². The summed E-state index contributed by atoms with van der Waals surface area (Å²) < 4.78 is 3.75. The highest BCUT2D eigenvalue weighted by Crippen LogP contribution is 2.21. The Hall–Kier alpha value is -3.48. The van der Waals surface area contributed by atoms with Gasteiger partial charge >= 0.3 is 0 Å². The molecule has 28 heavy (non-hydrogen) atoms. The topological polar surface area (TPSA) is 77.6 Å². The maximum atomic E-state index is 12.5. The number of nitrogens with one attached hydrogen (secondary N) is 1. The van der Waals surface area contributed by atoms with Gasteiger partial charge in [-0.3, -0.25) is 4.79 Å². The van der Waals surface area contributed by atoms with Crippen LogP contribution in [0.25, 0.3) is 16.9 Å². The van der Waals surface area contributed by atoms with E-state index in [4.69, 9.17) is 0 Å². The largest absolute Gasteiger partial charge is 0.350 e. The zero-order valence-electron chi connectivity index (χ0n) is 16.4. The molecule has 0 radical (unpaired) electrons. The van der Waals surface area contributed by atoms with Crippen LogP contribution < -0.4 is 5.32 Å². The highest BCUT2D eigenvalue weighted by atomic mass is 16.1. The summed E-state index contributed by atoms with van der Waals surface area (Å²) >= 11 is 0. The molecule has 0 unspecified atom stereocenters. The number of rotatable bonds is 4. The van der Waals surface area contributed by atoms with E-state index in [0.717, 1.165) is 33.4 Å². The van der Waals surface area contributed by atoms with E-state index in [1.54, 1.807) is 17.1 Å². The number of benzene rings is 1. The molecule has 0 saturated heterocycles. The predicted molar refractivity (Wildman–Crippen MR) is 109 cm³/mol. The second-order valence-corrected chi connectivity index (χ2v) is 6.99. The van der Waals surface area contributed by atoms with Gasteiger partial charge in [0.1, 0.15) is 0 Å². The molecule has 1 N–H and O–H groups in total. The Balaban J connectivity index is 1.49. The fourth-order valence-electron chi connectivity index (χ4n) is 3.36. The minimum atomic E-state index is -0.102. The van der Waals surface area contributed by atoms with Crippen molar-refractivity contribution in [1.29, 1.82) is 0 Å². The Bertz CT molecular complexity index is 1170. The van der Waals surface area contributed by atoms with E-state index in [1.165, 1.54) is 0 Å². The molecule has 0 fully saturated rings. The number of amides is 1. The van der Waals surface area contributed by atoms with Crippen LogP contribution in [0.2, 0.25) is 0 Å². The highest BCUT2D eigenvalue weighted by Gasteiger charge is 2.13. The normalized spacial score (nSPS) is 11.1. The third-order valence-electron chi connectivity index (χ3n) is 5.10. The monoisotopic (exact) mass is 374 g/mol. The molecule has 0 bridgehead atoms. The molecule has 0 atom stereocenters. The summed E-state index contributed by atoms with van der Waals surface area (Å²) in [5.41, 5.74) is 5.74. The van der Waals surface area contributed by atoms with Crippen LogP contribution in [0.3, 0.4) is 0 Å². The van der Waals surface area contributed by atoms with Crippen LogP contribution >= 0.6 is 0 Å². The molecule has 7 nitrogen and oxygen atoms in total. The number of aromatic nitrogens is 5. The maximum absolute atomic E-state index is 12.5. The molecular weight excluding hydrogens is 352 g/mol. The summed E-state index contributed by atoms with van der Waals surface area (Å²) in [6, 6.07) is 8.06. The van der Waals surface area contributed by atoms with Crippen LogP contribution in [0, 0.1) is 20.8 Å². The van der Waals surface area contributed by atoms with Crippen molar-refractivity contribution < 1.29 is 4.79 Å². The summed E-state index contributed by atoms with van der Waals surface area (Å²) in [6.07, 6.45) is 5.50. The molecule has 0 aliphatic carbocycles. The van der Waals surface area contributed by atoms with Gasteiger partial charge in [0, 0.05) is 29.8 Å². The Labute approximate surface area is 163 Å². The molecule has 0 spiro atoms. The average Bonchev–Trinajstić information content (AvgIpc) is 3.14. The van der Waals surface area contributed by atoms with E-state index in [2.05, 4.69) is 20.4 Å². The second kappa shape index (κ2) is 6.92. The molecule has 0 saturated carbocycles. The molecule has 3 heterocycles. The van der Waals surface area contributed by atoms with E-state index >= 15 is 0 Å². The van der Waals surface area contributed by atoms with E-state index in [9.17, 15) is 4.79 Å². The van der Waals surface area contributed by atoms with Crippen LogP contribution in [0.4, 0.5) is 5.69 Å². The lowest BCUT2D eigenvalue weighted by Crippen LogP contribution is -2.15. The second-order valence-electron chi connectivity index (χ2n) is 6.99. The van der Waals surface area contributed by atoms with E-state index in [0.29, 0.717) is 18.1 Å². The van der Waals surface area contributed by atoms with Gasteiger partial charge in [-0.15, -0.1) is 0 Å². The molecule has 3 aromatic heterocycles. The van der Waals surface area contributed by atoms with Crippen molar-refractivity contribution >= 4 is 22.5 Å². The predicted octanol–water partition coefficient (Wildman–Crippen LogP) is 3.26. The van der Waals surface area contributed by atoms with Crippen molar-refractivity contribution in [2.75, 3.05) is 5.32 Å². The number of carbonyl (C=O) groups excluding carboxylic acids is 1. The van der Waals surface area contributed by atoms with Crippen LogP contribution in [0.5, 0.6) is 0 Å². The minimum Gasteiger partial charge on any atom is -0.350 e. The number of hydrogen-bond donors (Lipinski definition) is 1. The summed E-state index contributed by atoms with van der Waals surface area (Å²) in [5.74, 6) is 0.385. The molecule has 4 aromatic rings. The van der Waals surface area contributed by atoms with Gasteiger partial charge in [0.15, 0.2) is 0 Å².